The van der Waals surface area contributed by atoms with Crippen molar-refractivity contribution in [1.82, 2.24) is 9.55 Å². The van der Waals surface area contributed by atoms with Gasteiger partial charge in [-0.3, -0.25) is 0 Å². The van der Waals surface area contributed by atoms with Crippen LogP contribution in [0.3, 0.4) is 0 Å². The minimum Gasteiger partial charge on any atom is -0.496 e. The maximum atomic E-state index is 11.1. The largest absolute Gasteiger partial charge is 0.496 e. The van der Waals surface area contributed by atoms with Crippen LogP contribution in [0.1, 0.15) is 21.9 Å². The first kappa shape index (κ1) is 13.6. The van der Waals surface area contributed by atoms with Crippen LogP contribution in [0.5, 0.6) is 5.75 Å². The molecule has 0 amide bonds. The van der Waals surface area contributed by atoms with Gasteiger partial charge in [-0.2, -0.15) is 0 Å². The molecule has 0 spiro atoms. The summed E-state index contributed by atoms with van der Waals surface area (Å²) in [6, 6.07) is 5.64. The Balaban J connectivity index is 2.33. The minimum atomic E-state index is -0.979. The number of hydrogen-bond acceptors (Lipinski definition) is 3. The zero-order valence-electron chi connectivity index (χ0n) is 10.6. The third kappa shape index (κ3) is 2.78. The fourth-order valence-corrected chi connectivity index (χ4v) is 2.42. The number of carboxylic acids is 1. The smallest absolute Gasteiger partial charge is 0.354 e. The van der Waals surface area contributed by atoms with E-state index in [-0.39, 0.29) is 5.69 Å². The second-order valence-electron chi connectivity index (χ2n) is 4.05. The van der Waals surface area contributed by atoms with Crippen LogP contribution in [0.4, 0.5) is 0 Å². The predicted octanol–water partition coefficient (Wildman–Crippen LogP) is 2.71. The van der Waals surface area contributed by atoms with Gasteiger partial charge in [-0.25, -0.2) is 9.78 Å². The Morgan fingerprint density at radius 2 is 2.26 bits per heavy atom. The molecular weight excluding hydrogens is 312 g/mol. The van der Waals surface area contributed by atoms with Crippen molar-refractivity contribution in [3.63, 3.8) is 0 Å². The van der Waals surface area contributed by atoms with Crippen LogP contribution < -0.4 is 4.74 Å². The lowest BCUT2D eigenvalue weighted by Crippen LogP contribution is -2.10. The molecule has 6 heteroatoms. The quantitative estimate of drug-likeness (QED) is 0.939. The number of carboxylic acid groups (broad SMARTS) is 1. The fraction of sp³-hybridized carbons (Fsp3) is 0.231. The van der Waals surface area contributed by atoms with Crippen molar-refractivity contribution in [2.75, 3.05) is 7.11 Å². The maximum absolute atomic E-state index is 11.1. The van der Waals surface area contributed by atoms with E-state index in [0.29, 0.717) is 12.4 Å². The molecule has 100 valence electrons. The van der Waals surface area contributed by atoms with Crippen molar-refractivity contribution >= 4 is 21.9 Å². The van der Waals surface area contributed by atoms with Crippen LogP contribution in [0.2, 0.25) is 0 Å². The van der Waals surface area contributed by atoms with Crippen LogP contribution in [-0.4, -0.2) is 27.7 Å². The summed E-state index contributed by atoms with van der Waals surface area (Å²) < 4.78 is 7.66. The molecule has 0 aliphatic rings. The van der Waals surface area contributed by atoms with Crippen molar-refractivity contribution in [3.05, 3.63) is 46.0 Å². The van der Waals surface area contributed by atoms with Crippen molar-refractivity contribution in [3.8, 4) is 5.75 Å². The summed E-state index contributed by atoms with van der Waals surface area (Å²) in [6.45, 7) is 2.24. The molecule has 1 aromatic carbocycles. The molecule has 1 N–H and O–H groups in total. The number of carbonyl (C=O) groups is 1. The molecule has 19 heavy (non-hydrogen) atoms. The van der Waals surface area contributed by atoms with Gasteiger partial charge in [-0.05, 0) is 40.5 Å². The van der Waals surface area contributed by atoms with Gasteiger partial charge in [-0.15, -0.1) is 0 Å². The first-order valence-electron chi connectivity index (χ1n) is 5.60. The van der Waals surface area contributed by atoms with Crippen molar-refractivity contribution in [2.24, 2.45) is 0 Å². The third-order valence-electron chi connectivity index (χ3n) is 2.83. The highest BCUT2D eigenvalue weighted by atomic mass is 79.9. The molecule has 2 aromatic rings. The van der Waals surface area contributed by atoms with E-state index >= 15 is 0 Å². The molecule has 1 heterocycles. The highest BCUT2D eigenvalue weighted by Gasteiger charge is 2.13. The number of ether oxygens (including phenoxy) is 1. The summed E-state index contributed by atoms with van der Waals surface area (Å²) in [4.78, 5) is 15.1. The third-order valence-corrected chi connectivity index (χ3v) is 3.45. The lowest BCUT2D eigenvalue weighted by molar-refractivity contribution is 0.0685. The first-order valence-corrected chi connectivity index (χ1v) is 6.40. The van der Waals surface area contributed by atoms with Gasteiger partial charge in [0.2, 0.25) is 0 Å². The van der Waals surface area contributed by atoms with Gasteiger partial charge in [-0.1, -0.05) is 6.07 Å². The minimum absolute atomic E-state index is 0.185. The zero-order chi connectivity index (χ0) is 14.0. The Labute approximate surface area is 119 Å². The average Bonchev–Trinajstić information content (AvgIpc) is 2.71. The lowest BCUT2D eigenvalue weighted by atomic mass is 10.2. The van der Waals surface area contributed by atoms with E-state index in [1.807, 2.05) is 18.2 Å². The zero-order valence-corrected chi connectivity index (χ0v) is 12.1. The topological polar surface area (TPSA) is 64.3 Å². The molecule has 0 aliphatic heterocycles. The summed E-state index contributed by atoms with van der Waals surface area (Å²) in [6.07, 6.45) is 1.37. The molecule has 0 atom stereocenters. The number of aryl methyl sites for hydroxylation is 1. The normalized spacial score (nSPS) is 10.5. The van der Waals surface area contributed by atoms with E-state index in [9.17, 15) is 4.79 Å². The lowest BCUT2D eigenvalue weighted by Gasteiger charge is -2.10. The number of rotatable bonds is 4. The Hall–Kier alpha value is -1.82. The highest BCUT2D eigenvalue weighted by molar-refractivity contribution is 9.10. The molecular formula is C13H13BrN2O3. The number of hydrogen-bond donors (Lipinski definition) is 1. The number of aromatic nitrogens is 2. The molecule has 5 nitrogen and oxygen atoms in total. The Bertz CT molecular complexity index is 622. The second-order valence-corrected chi connectivity index (χ2v) is 4.91. The number of benzene rings is 1. The van der Waals surface area contributed by atoms with Crippen LogP contribution >= 0.6 is 15.9 Å². The summed E-state index contributed by atoms with van der Waals surface area (Å²) in [5.74, 6) is 0.432. The van der Waals surface area contributed by atoms with Crippen LogP contribution in [0, 0.1) is 6.92 Å². The van der Waals surface area contributed by atoms with Gasteiger partial charge in [0.25, 0.3) is 0 Å². The molecule has 0 unspecified atom stereocenters. The predicted molar refractivity (Wildman–Crippen MR) is 73.7 cm³/mol. The number of aromatic carboxylic acids is 1. The Kier molecular flexibility index (Phi) is 3.90. The number of halogens is 1. The van der Waals surface area contributed by atoms with Gasteiger partial charge < -0.3 is 14.4 Å². The van der Waals surface area contributed by atoms with E-state index < -0.39 is 5.97 Å². The molecule has 0 aliphatic carbocycles. The molecule has 0 saturated carbocycles. The monoisotopic (exact) mass is 324 g/mol. The Morgan fingerprint density at radius 1 is 1.53 bits per heavy atom. The maximum Gasteiger partial charge on any atom is 0.354 e. The average molecular weight is 325 g/mol. The molecule has 0 bridgehead atoms. The summed E-state index contributed by atoms with van der Waals surface area (Å²) >= 11 is 3.41. The second kappa shape index (κ2) is 5.44. The van der Waals surface area contributed by atoms with Crippen molar-refractivity contribution < 1.29 is 14.6 Å². The standard InChI is InChI=1S/C13H13BrN2O3/c1-8-15-6-11(13(17)18)16(8)7-9-3-4-12(19-2)10(14)5-9/h3-6H,7H2,1-2H3,(H,17,18). The first-order chi connectivity index (χ1) is 9.02. The van der Waals surface area contributed by atoms with Crippen molar-refractivity contribution in [1.29, 1.82) is 0 Å². The van der Waals surface area contributed by atoms with E-state index in [1.54, 1.807) is 18.6 Å². The van der Waals surface area contributed by atoms with Crippen LogP contribution in [0.25, 0.3) is 0 Å². The van der Waals surface area contributed by atoms with Crippen LogP contribution in [0.15, 0.2) is 28.9 Å². The van der Waals surface area contributed by atoms with Gasteiger partial charge in [0.15, 0.2) is 0 Å². The SMILES string of the molecule is COc1ccc(Cn2c(C(=O)O)cnc2C)cc1Br. The molecule has 2 rings (SSSR count). The van der Waals surface area contributed by atoms with E-state index in [2.05, 4.69) is 20.9 Å². The van der Waals surface area contributed by atoms with Gasteiger partial charge in [0.05, 0.1) is 17.8 Å². The summed E-state index contributed by atoms with van der Waals surface area (Å²) in [5, 5.41) is 9.10. The summed E-state index contributed by atoms with van der Waals surface area (Å²) in [7, 11) is 1.60. The van der Waals surface area contributed by atoms with Crippen LogP contribution in [-0.2, 0) is 6.54 Å². The molecule has 0 saturated heterocycles. The number of nitrogens with zero attached hydrogens (tertiary/aromatic N) is 2. The van der Waals surface area contributed by atoms with Gasteiger partial charge >= 0.3 is 5.97 Å². The van der Waals surface area contributed by atoms with E-state index in [4.69, 9.17) is 9.84 Å². The molecule has 0 radical (unpaired) electrons. The van der Waals surface area contributed by atoms with Crippen molar-refractivity contribution in [2.45, 2.75) is 13.5 Å². The number of methoxy groups -OCH3 is 1. The highest BCUT2D eigenvalue weighted by Crippen LogP contribution is 2.26. The molecule has 1 aromatic heterocycles. The summed E-state index contributed by atoms with van der Waals surface area (Å²) in [5.41, 5.74) is 1.15. The van der Waals surface area contributed by atoms with E-state index in [1.165, 1.54) is 6.20 Å². The number of imidazole rings is 1. The fourth-order valence-electron chi connectivity index (χ4n) is 1.83. The van der Waals surface area contributed by atoms with Gasteiger partial charge in [0.1, 0.15) is 17.3 Å². The Morgan fingerprint density at radius 3 is 2.84 bits per heavy atom. The molecule has 0 fully saturated rings. The van der Waals surface area contributed by atoms with E-state index in [0.717, 1.165) is 15.8 Å². The van der Waals surface area contributed by atoms with Gasteiger partial charge in [0, 0.05) is 6.54 Å².